The number of esters is 1. The molecule has 0 amide bonds. The Morgan fingerprint density at radius 1 is 1.04 bits per heavy atom. The largest absolute Gasteiger partial charge is 0.489 e. The summed E-state index contributed by atoms with van der Waals surface area (Å²) < 4.78 is 86.2. The van der Waals surface area contributed by atoms with Crippen LogP contribution >= 0.6 is 0 Å². The van der Waals surface area contributed by atoms with Crippen molar-refractivity contribution in [3.05, 3.63) is 36.4 Å². The summed E-state index contributed by atoms with van der Waals surface area (Å²) >= 11 is 0. The molecule has 0 heterocycles. The minimum absolute atomic E-state index is 0.0810. The zero-order chi connectivity index (χ0) is 18.4. The topological polar surface area (TPSA) is 44.8 Å². The molecular weight excluding hydrogens is 346 g/mol. The van der Waals surface area contributed by atoms with Crippen LogP contribution in [0.25, 0.3) is 0 Å². The second kappa shape index (κ2) is 7.93. The molecule has 0 aliphatic rings. The van der Waals surface area contributed by atoms with Gasteiger partial charge in [-0.3, -0.25) is 0 Å². The van der Waals surface area contributed by atoms with Gasteiger partial charge in [0.1, 0.15) is 23.7 Å². The van der Waals surface area contributed by atoms with Gasteiger partial charge in [-0.1, -0.05) is 12.7 Å². The summed E-state index contributed by atoms with van der Waals surface area (Å²) in [6.45, 7) is -0.203. The molecule has 0 aliphatic carbocycles. The van der Waals surface area contributed by atoms with Crippen LogP contribution in [0.4, 0.5) is 26.3 Å². The van der Waals surface area contributed by atoms with E-state index in [9.17, 15) is 31.1 Å². The Labute approximate surface area is 132 Å². The molecule has 0 saturated heterocycles. The molecule has 0 atom stereocenters. The molecule has 24 heavy (non-hydrogen) atoms. The Morgan fingerprint density at radius 2 is 1.67 bits per heavy atom. The van der Waals surface area contributed by atoms with Crippen molar-refractivity contribution in [2.75, 3.05) is 19.8 Å². The van der Waals surface area contributed by atoms with Crippen LogP contribution in [-0.4, -0.2) is 38.1 Å². The average Bonchev–Trinajstić information content (AvgIpc) is 2.47. The fraction of sp³-hybridized carbons (Fsp3) is 0.357. The quantitative estimate of drug-likeness (QED) is 0.421. The fourth-order valence-corrected chi connectivity index (χ4v) is 1.42. The molecule has 0 aromatic heterocycles. The van der Waals surface area contributed by atoms with Crippen molar-refractivity contribution in [3.8, 4) is 11.5 Å². The molecule has 134 valence electrons. The maximum atomic E-state index is 12.1. The maximum Gasteiger partial charge on any atom is 0.422 e. The standard InChI is InChI=1S/C14H12F6O4/c1-2-5-22-11-4-3-9(23-7-13(15,16)17)6-10(11)12(21)24-8-14(18,19)20/h2-4,6H,1,5,7-8H2. The third kappa shape index (κ3) is 7.25. The number of ether oxygens (including phenoxy) is 3. The van der Waals surface area contributed by atoms with Gasteiger partial charge in [0.15, 0.2) is 13.2 Å². The van der Waals surface area contributed by atoms with Crippen LogP contribution in [0.2, 0.25) is 0 Å². The second-order valence-corrected chi connectivity index (χ2v) is 4.35. The third-order valence-corrected chi connectivity index (χ3v) is 2.30. The highest BCUT2D eigenvalue weighted by Gasteiger charge is 2.31. The summed E-state index contributed by atoms with van der Waals surface area (Å²) in [6.07, 6.45) is -8.06. The van der Waals surface area contributed by atoms with Crippen LogP contribution < -0.4 is 9.47 Å². The lowest BCUT2D eigenvalue weighted by Gasteiger charge is -2.14. The van der Waals surface area contributed by atoms with Crippen LogP contribution in [0.1, 0.15) is 10.4 Å². The number of alkyl halides is 6. The van der Waals surface area contributed by atoms with Crippen LogP contribution in [-0.2, 0) is 4.74 Å². The minimum atomic E-state index is -4.75. The van der Waals surface area contributed by atoms with E-state index >= 15 is 0 Å². The molecular formula is C14H12F6O4. The van der Waals surface area contributed by atoms with E-state index in [1.165, 1.54) is 6.08 Å². The second-order valence-electron chi connectivity index (χ2n) is 4.35. The van der Waals surface area contributed by atoms with Gasteiger partial charge in [0.25, 0.3) is 0 Å². The molecule has 10 heteroatoms. The van der Waals surface area contributed by atoms with E-state index in [4.69, 9.17) is 4.74 Å². The molecule has 1 rings (SSSR count). The number of hydrogen-bond donors (Lipinski definition) is 0. The Balaban J connectivity index is 2.97. The first-order chi connectivity index (χ1) is 11.0. The smallest absolute Gasteiger partial charge is 0.422 e. The van der Waals surface area contributed by atoms with Crippen molar-refractivity contribution in [2.45, 2.75) is 12.4 Å². The van der Waals surface area contributed by atoms with Crippen molar-refractivity contribution in [2.24, 2.45) is 0 Å². The summed E-state index contributed by atoms with van der Waals surface area (Å²) in [5.74, 6) is -1.97. The highest BCUT2D eigenvalue weighted by atomic mass is 19.4. The van der Waals surface area contributed by atoms with Gasteiger partial charge in [-0.2, -0.15) is 26.3 Å². The highest BCUT2D eigenvalue weighted by molar-refractivity contribution is 5.93. The molecule has 0 spiro atoms. The summed E-state index contributed by atoms with van der Waals surface area (Å²) in [4.78, 5) is 11.7. The lowest BCUT2D eigenvalue weighted by atomic mass is 10.2. The summed E-state index contributed by atoms with van der Waals surface area (Å²) in [6, 6.07) is 2.97. The molecule has 0 N–H and O–H groups in total. The Morgan fingerprint density at radius 3 is 2.21 bits per heavy atom. The van der Waals surface area contributed by atoms with E-state index < -0.39 is 37.1 Å². The van der Waals surface area contributed by atoms with Gasteiger partial charge in [0, 0.05) is 0 Å². The van der Waals surface area contributed by atoms with Gasteiger partial charge in [-0.25, -0.2) is 4.79 Å². The first kappa shape index (κ1) is 19.7. The predicted octanol–water partition coefficient (Wildman–Crippen LogP) is 3.91. The molecule has 0 saturated carbocycles. The average molecular weight is 358 g/mol. The zero-order valence-electron chi connectivity index (χ0n) is 12.0. The lowest BCUT2D eigenvalue weighted by Crippen LogP contribution is -2.21. The monoisotopic (exact) mass is 358 g/mol. The maximum absolute atomic E-state index is 12.1. The van der Waals surface area contributed by atoms with Crippen LogP contribution in [0.5, 0.6) is 11.5 Å². The first-order valence-corrected chi connectivity index (χ1v) is 6.33. The van der Waals surface area contributed by atoms with E-state index in [0.29, 0.717) is 0 Å². The first-order valence-electron chi connectivity index (χ1n) is 6.33. The van der Waals surface area contributed by atoms with Crippen molar-refractivity contribution in [3.63, 3.8) is 0 Å². The van der Waals surface area contributed by atoms with E-state index in [-0.39, 0.29) is 18.1 Å². The predicted molar refractivity (Wildman–Crippen MR) is 70.0 cm³/mol. The van der Waals surface area contributed by atoms with Crippen molar-refractivity contribution >= 4 is 5.97 Å². The number of carbonyl (C=O) groups is 1. The number of halogens is 6. The van der Waals surface area contributed by atoms with Crippen molar-refractivity contribution < 1.29 is 45.3 Å². The van der Waals surface area contributed by atoms with E-state index in [1.807, 2.05) is 0 Å². The number of benzene rings is 1. The molecule has 0 unspecified atom stereocenters. The fourth-order valence-electron chi connectivity index (χ4n) is 1.42. The Hall–Kier alpha value is -2.39. The van der Waals surface area contributed by atoms with Crippen LogP contribution in [0.3, 0.4) is 0 Å². The highest BCUT2D eigenvalue weighted by Crippen LogP contribution is 2.27. The SMILES string of the molecule is C=CCOc1ccc(OCC(F)(F)F)cc1C(=O)OCC(F)(F)F. The van der Waals surface area contributed by atoms with Gasteiger partial charge in [-0.05, 0) is 18.2 Å². The molecule has 0 radical (unpaired) electrons. The van der Waals surface area contributed by atoms with Crippen LogP contribution in [0, 0.1) is 0 Å². The molecule has 0 aliphatic heterocycles. The van der Waals surface area contributed by atoms with Gasteiger partial charge in [0.2, 0.25) is 0 Å². The van der Waals surface area contributed by atoms with E-state index in [2.05, 4.69) is 16.1 Å². The van der Waals surface area contributed by atoms with Gasteiger partial charge >= 0.3 is 18.3 Å². The Kier molecular flexibility index (Phi) is 6.50. The summed E-state index contributed by atoms with van der Waals surface area (Å²) in [5.41, 5.74) is -0.499. The van der Waals surface area contributed by atoms with E-state index in [0.717, 1.165) is 18.2 Å². The molecule has 1 aromatic rings. The van der Waals surface area contributed by atoms with Crippen molar-refractivity contribution in [1.29, 1.82) is 0 Å². The molecule has 0 fully saturated rings. The normalized spacial score (nSPS) is 11.8. The molecule has 0 bridgehead atoms. The summed E-state index contributed by atoms with van der Waals surface area (Å²) in [5, 5.41) is 0. The number of carbonyl (C=O) groups excluding carboxylic acids is 1. The van der Waals surface area contributed by atoms with Crippen LogP contribution in [0.15, 0.2) is 30.9 Å². The third-order valence-electron chi connectivity index (χ3n) is 2.30. The molecule has 4 nitrogen and oxygen atoms in total. The molecule has 1 aromatic carbocycles. The minimum Gasteiger partial charge on any atom is -0.489 e. The van der Waals surface area contributed by atoms with Gasteiger partial charge < -0.3 is 14.2 Å². The van der Waals surface area contributed by atoms with E-state index in [1.54, 1.807) is 0 Å². The van der Waals surface area contributed by atoms with Crippen molar-refractivity contribution in [1.82, 2.24) is 0 Å². The summed E-state index contributed by atoms with van der Waals surface area (Å²) in [7, 11) is 0. The lowest BCUT2D eigenvalue weighted by molar-refractivity contribution is -0.161. The Bertz CT molecular complexity index is 580. The van der Waals surface area contributed by atoms with Gasteiger partial charge in [0.05, 0.1) is 0 Å². The number of hydrogen-bond acceptors (Lipinski definition) is 4. The van der Waals surface area contributed by atoms with Gasteiger partial charge in [-0.15, -0.1) is 0 Å². The zero-order valence-corrected chi connectivity index (χ0v) is 12.0. The number of rotatable bonds is 7.